The third kappa shape index (κ3) is 8.88. The van der Waals surface area contributed by atoms with Crippen molar-refractivity contribution in [2.75, 3.05) is 0 Å². The van der Waals surface area contributed by atoms with E-state index in [0.29, 0.717) is 0 Å². The third-order valence-electron chi connectivity index (χ3n) is 2.86. The van der Waals surface area contributed by atoms with E-state index in [2.05, 4.69) is 71.0 Å². The van der Waals surface area contributed by atoms with E-state index in [1.807, 2.05) is 0 Å². The van der Waals surface area contributed by atoms with E-state index >= 15 is 0 Å². The Balaban J connectivity index is 0.000000306. The van der Waals surface area contributed by atoms with E-state index in [4.69, 9.17) is 0 Å². The zero-order chi connectivity index (χ0) is 12.6. The first-order valence-electron chi connectivity index (χ1n) is 6.63. The molecule has 0 aromatic rings. The van der Waals surface area contributed by atoms with Crippen LogP contribution in [-0.2, 0) is 20.1 Å². The maximum atomic E-state index is 2.36. The van der Waals surface area contributed by atoms with Crippen LogP contribution in [0, 0.1) is 56.9 Å². The van der Waals surface area contributed by atoms with E-state index in [1.165, 1.54) is 25.7 Å². The Morgan fingerprint density at radius 3 is 1.28 bits per heavy atom. The first kappa shape index (κ1) is 18.9. The van der Waals surface area contributed by atoms with Crippen molar-refractivity contribution in [1.82, 2.24) is 0 Å². The van der Waals surface area contributed by atoms with Gasteiger partial charge in [-0.2, -0.15) is 0 Å². The van der Waals surface area contributed by atoms with Crippen LogP contribution in [-0.4, -0.2) is 8.07 Å². The molecule has 10 radical (unpaired) electrons. The van der Waals surface area contributed by atoms with Crippen molar-refractivity contribution in [3.05, 3.63) is 56.9 Å². The van der Waals surface area contributed by atoms with Crippen molar-refractivity contribution < 1.29 is 20.1 Å². The Labute approximate surface area is 130 Å². The predicted octanol–water partition coefficient (Wildman–Crippen LogP) is 4.64. The molecule has 0 saturated heterocycles. The van der Waals surface area contributed by atoms with Gasteiger partial charge in [0.15, 0.2) is 0 Å². The van der Waals surface area contributed by atoms with Crippen molar-refractivity contribution in [2.45, 2.75) is 45.3 Å². The Morgan fingerprint density at radius 1 is 0.722 bits per heavy atom. The van der Waals surface area contributed by atoms with E-state index < -0.39 is 8.07 Å². The molecule has 0 aromatic heterocycles. The molecule has 2 aliphatic rings. The first-order chi connectivity index (χ1) is 8.11. The summed E-state index contributed by atoms with van der Waals surface area (Å²) in [7, 11) is -0.981. The second kappa shape index (κ2) is 10.6. The molecule has 2 aliphatic carbocycles. The van der Waals surface area contributed by atoms with E-state index in [1.54, 1.807) is 5.54 Å². The van der Waals surface area contributed by atoms with Crippen LogP contribution >= 0.6 is 0 Å². The fraction of sp³-hybridized carbons (Fsp3) is 0.438. The summed E-state index contributed by atoms with van der Waals surface area (Å²) in [6.45, 7) is 7.09. The summed E-state index contributed by atoms with van der Waals surface area (Å²) in [6, 6.07) is 0. The van der Waals surface area contributed by atoms with Gasteiger partial charge in [0.2, 0.25) is 0 Å². The molecular formula is C16H25IrSi. The smallest absolute Gasteiger partial charge is 0.0516 e. The van der Waals surface area contributed by atoms with Gasteiger partial charge in [0.1, 0.15) is 0 Å². The maximum absolute atomic E-state index is 2.36. The molecule has 2 rings (SSSR count). The number of hydrogen-bond donors (Lipinski definition) is 0. The fourth-order valence-electron chi connectivity index (χ4n) is 1.73. The number of hydrogen-bond acceptors (Lipinski definition) is 0. The van der Waals surface area contributed by atoms with Gasteiger partial charge < -0.3 is 0 Å². The molecule has 0 bridgehead atoms. The quantitative estimate of drug-likeness (QED) is 0.524. The summed E-state index contributed by atoms with van der Waals surface area (Å²) in [5.41, 5.74) is 1.56. The van der Waals surface area contributed by atoms with Crippen LogP contribution in [0.4, 0.5) is 0 Å². The second-order valence-corrected chi connectivity index (χ2v) is 10.6. The number of rotatable bonds is 1. The van der Waals surface area contributed by atoms with Gasteiger partial charge in [0.25, 0.3) is 0 Å². The minimum atomic E-state index is -0.981. The molecule has 0 atom stereocenters. The van der Waals surface area contributed by atoms with Crippen molar-refractivity contribution in [3.8, 4) is 0 Å². The Bertz CT molecular complexity index is 156. The van der Waals surface area contributed by atoms with Gasteiger partial charge in [-0.3, -0.25) is 0 Å². The average molecular weight is 438 g/mol. The zero-order valence-corrected chi connectivity index (χ0v) is 15.2. The van der Waals surface area contributed by atoms with Crippen LogP contribution in [0.2, 0.25) is 19.6 Å². The van der Waals surface area contributed by atoms with E-state index in [-0.39, 0.29) is 20.1 Å². The van der Waals surface area contributed by atoms with E-state index in [0.717, 1.165) is 0 Å². The monoisotopic (exact) mass is 438 g/mol. The Kier molecular flexibility index (Phi) is 11.1. The molecule has 0 aliphatic heterocycles. The molecule has 0 heterocycles. The zero-order valence-electron chi connectivity index (χ0n) is 11.8. The van der Waals surface area contributed by atoms with Crippen molar-refractivity contribution in [1.29, 1.82) is 0 Å². The van der Waals surface area contributed by atoms with Crippen LogP contribution in [0.15, 0.2) is 0 Å². The third-order valence-corrected chi connectivity index (χ3v) is 4.93. The average Bonchev–Trinajstić information content (AvgIpc) is 2.68. The predicted molar refractivity (Wildman–Crippen MR) is 79.5 cm³/mol. The molecule has 2 fully saturated rings. The Morgan fingerprint density at radius 2 is 1.06 bits per heavy atom. The Hall–Kier alpha value is 0.866. The first-order valence-corrected chi connectivity index (χ1v) is 10.1. The summed E-state index contributed by atoms with van der Waals surface area (Å²) in [4.78, 5) is 0. The second-order valence-electron chi connectivity index (χ2n) is 5.52. The molecule has 0 unspecified atom stereocenters. The molecule has 102 valence electrons. The minimum Gasteiger partial charge on any atom is -0.0691 e. The summed E-state index contributed by atoms with van der Waals surface area (Å²) < 4.78 is 0. The topological polar surface area (TPSA) is 0 Å². The summed E-state index contributed by atoms with van der Waals surface area (Å²) in [6.07, 6.45) is 22.7. The molecule has 0 aromatic carbocycles. The van der Waals surface area contributed by atoms with Gasteiger partial charge in [-0.25, -0.2) is 0 Å². The molecule has 18 heavy (non-hydrogen) atoms. The molecule has 2 heteroatoms. The van der Waals surface area contributed by atoms with Crippen molar-refractivity contribution in [3.63, 3.8) is 0 Å². The molecule has 0 spiro atoms. The van der Waals surface area contributed by atoms with Gasteiger partial charge in [-0.1, -0.05) is 19.6 Å². The van der Waals surface area contributed by atoms with Gasteiger partial charge in [-0.15, -0.1) is 0 Å². The van der Waals surface area contributed by atoms with E-state index in [9.17, 15) is 0 Å². The molecule has 0 N–H and O–H groups in total. The summed E-state index contributed by atoms with van der Waals surface area (Å²) in [5.74, 6) is 0. The SMILES string of the molecule is C[Si](C)(C)[C]1[CH][CH][CH][CH]1.[CH]1[CH]CC[CH][CH]CC1.[Ir]. The van der Waals surface area contributed by atoms with Crippen molar-refractivity contribution >= 4 is 8.07 Å². The van der Waals surface area contributed by atoms with Gasteiger partial charge in [0.05, 0.1) is 8.07 Å². The molecule has 2 saturated carbocycles. The normalized spacial score (nSPS) is 22.2. The van der Waals surface area contributed by atoms with Crippen LogP contribution in [0.5, 0.6) is 0 Å². The van der Waals surface area contributed by atoms with Gasteiger partial charge in [-0.05, 0) is 82.6 Å². The van der Waals surface area contributed by atoms with Crippen LogP contribution in [0.25, 0.3) is 0 Å². The fourth-order valence-corrected chi connectivity index (χ4v) is 2.92. The van der Waals surface area contributed by atoms with Gasteiger partial charge >= 0.3 is 0 Å². The summed E-state index contributed by atoms with van der Waals surface area (Å²) in [5, 5.41) is 0. The van der Waals surface area contributed by atoms with Gasteiger partial charge in [0, 0.05) is 20.1 Å². The van der Waals surface area contributed by atoms with Crippen LogP contribution in [0.1, 0.15) is 25.7 Å². The van der Waals surface area contributed by atoms with Crippen LogP contribution < -0.4 is 0 Å². The maximum Gasteiger partial charge on any atom is 0.0516 e. The summed E-state index contributed by atoms with van der Waals surface area (Å²) >= 11 is 0. The van der Waals surface area contributed by atoms with Crippen molar-refractivity contribution in [2.24, 2.45) is 0 Å². The minimum absolute atomic E-state index is 0. The van der Waals surface area contributed by atoms with Crippen LogP contribution in [0.3, 0.4) is 0 Å². The standard InChI is InChI=1S/C8H13Si.C8H12.Ir/c1-9(2,3)8-6-4-5-7-8;1-2-4-6-8-7-5-3-1;/h4-7H,1-3H3;1-2,7-8H,3-6H2;. The molecule has 0 nitrogen and oxygen atoms in total. The molecule has 0 amide bonds. The largest absolute Gasteiger partial charge is 0.0691 e. The molecular weight excluding hydrogens is 412 g/mol.